The summed E-state index contributed by atoms with van der Waals surface area (Å²) in [6, 6.07) is 0. The Kier molecular flexibility index (Phi) is 13.6. The number of hydrogen-bond acceptors (Lipinski definition) is 0. The second-order valence-electron chi connectivity index (χ2n) is 10.6. The van der Waals surface area contributed by atoms with Crippen LogP contribution in [-0.4, -0.2) is 50.6 Å². The zero-order valence-electron chi connectivity index (χ0n) is 17.8. The third kappa shape index (κ3) is 16.3. The van der Waals surface area contributed by atoms with Gasteiger partial charge in [-0.15, -0.1) is 8.80 Å². The van der Waals surface area contributed by atoms with Gasteiger partial charge in [0.05, 0.1) is 0 Å². The van der Waals surface area contributed by atoms with Crippen molar-refractivity contribution in [3.8, 4) is 0 Å². The van der Waals surface area contributed by atoms with Crippen LogP contribution in [0.3, 0.4) is 0 Å². The number of rotatable bonds is 10. The van der Waals surface area contributed by atoms with Crippen LogP contribution in [0.1, 0.15) is 0 Å². The predicted octanol–water partition coefficient (Wildman–Crippen LogP) is 6.18. The molecular formula is C16H42Si6Y+2. The standard InChI is InChI=1S/C16H42Si6.Y/c1-17(2)12-21(8,9)15-19(4)16-22(10,11)14-18(3)13-20(5,6)7;/h1,12-16H2,2-11H3;/q-1;+3. The van der Waals surface area contributed by atoms with E-state index in [9.17, 15) is 0 Å². The van der Waals surface area contributed by atoms with E-state index in [2.05, 4.69) is 72.0 Å². The van der Waals surface area contributed by atoms with E-state index in [1.54, 1.807) is 22.7 Å². The van der Waals surface area contributed by atoms with Crippen molar-refractivity contribution >= 4 is 50.6 Å². The molecule has 0 spiro atoms. The fraction of sp³-hybridized carbons (Fsp3) is 0.938. The Bertz CT molecular complexity index is 325. The maximum atomic E-state index is 4.34. The molecule has 0 heterocycles. The van der Waals surface area contributed by atoms with Crippen molar-refractivity contribution in [1.82, 2.24) is 0 Å². The minimum Gasteiger partial charge on any atom is -0.346 e. The third-order valence-corrected chi connectivity index (χ3v) is 35.6. The largest absolute Gasteiger partial charge is 3.00 e. The minimum atomic E-state index is -0.942. The first-order valence-electron chi connectivity index (χ1n) is 8.89. The molecule has 0 aromatic heterocycles. The molecular weight excluding hydrogens is 450 g/mol. The average Bonchev–Trinajstić information content (AvgIpc) is 2.05. The first-order chi connectivity index (χ1) is 9.62. The Balaban J connectivity index is 0. The van der Waals surface area contributed by atoms with E-state index in [4.69, 9.17) is 0 Å². The van der Waals surface area contributed by atoms with Gasteiger partial charge < -0.3 is 6.55 Å². The van der Waals surface area contributed by atoms with E-state index in [-0.39, 0.29) is 59.1 Å². The summed E-state index contributed by atoms with van der Waals surface area (Å²) in [4.78, 5) is 0. The Morgan fingerprint density at radius 2 is 0.913 bits per heavy atom. The van der Waals surface area contributed by atoms with E-state index < -0.39 is 24.2 Å². The van der Waals surface area contributed by atoms with Crippen molar-refractivity contribution in [3.05, 3.63) is 6.55 Å². The van der Waals surface area contributed by atoms with Crippen LogP contribution in [0, 0.1) is 6.55 Å². The van der Waals surface area contributed by atoms with E-state index >= 15 is 0 Å². The maximum absolute atomic E-state index is 4.34. The second kappa shape index (κ2) is 11.3. The van der Waals surface area contributed by atoms with Crippen molar-refractivity contribution in [1.29, 1.82) is 0 Å². The summed E-state index contributed by atoms with van der Waals surface area (Å²) < 4.78 is 0. The molecule has 0 unspecified atom stereocenters. The molecule has 0 aliphatic heterocycles. The van der Waals surface area contributed by atoms with Crippen LogP contribution in [0.2, 0.25) is 93.8 Å². The first kappa shape index (κ1) is 27.6. The molecule has 0 atom stereocenters. The molecule has 0 amide bonds. The maximum Gasteiger partial charge on any atom is 3.00 e. The van der Waals surface area contributed by atoms with Gasteiger partial charge in [-0.2, -0.15) is 0 Å². The molecule has 23 heavy (non-hydrogen) atoms. The van der Waals surface area contributed by atoms with Crippen molar-refractivity contribution in [2.75, 3.05) is 0 Å². The monoisotopic (exact) mass is 491 g/mol. The molecule has 3 radical (unpaired) electrons. The van der Waals surface area contributed by atoms with E-state index in [1.807, 2.05) is 0 Å². The molecule has 0 saturated heterocycles. The minimum absolute atomic E-state index is 0. The van der Waals surface area contributed by atoms with Crippen molar-refractivity contribution in [3.63, 3.8) is 0 Å². The molecule has 0 bridgehead atoms. The molecule has 131 valence electrons. The van der Waals surface area contributed by atoms with Gasteiger partial charge in [0.25, 0.3) is 0 Å². The van der Waals surface area contributed by atoms with Crippen LogP contribution in [0.15, 0.2) is 0 Å². The summed E-state index contributed by atoms with van der Waals surface area (Å²) in [6.07, 6.45) is 0. The Morgan fingerprint density at radius 1 is 0.609 bits per heavy atom. The molecule has 0 aromatic carbocycles. The number of hydrogen-bond donors (Lipinski definition) is 0. The molecule has 0 aliphatic carbocycles. The fourth-order valence-electron chi connectivity index (χ4n) is 4.42. The molecule has 0 fully saturated rings. The summed E-state index contributed by atoms with van der Waals surface area (Å²) in [5.74, 6) is 0. The van der Waals surface area contributed by atoms with Crippen LogP contribution in [0.4, 0.5) is 0 Å². The Labute approximate surface area is 182 Å². The van der Waals surface area contributed by atoms with Crippen LogP contribution in [0.25, 0.3) is 0 Å². The van der Waals surface area contributed by atoms with Crippen LogP contribution < -0.4 is 0 Å². The molecule has 7 heteroatoms. The van der Waals surface area contributed by atoms with Crippen molar-refractivity contribution in [2.45, 2.75) is 93.8 Å². The summed E-state index contributed by atoms with van der Waals surface area (Å²) >= 11 is 0. The Hall–Kier alpha value is 2.41. The molecule has 0 N–H and O–H groups in total. The molecule has 0 aromatic rings. The quantitative estimate of drug-likeness (QED) is 0.253. The van der Waals surface area contributed by atoms with Gasteiger partial charge in [0.2, 0.25) is 0 Å². The smallest absolute Gasteiger partial charge is 0.346 e. The second-order valence-corrected chi connectivity index (χ2v) is 37.2. The van der Waals surface area contributed by atoms with Gasteiger partial charge in [-0.3, -0.25) is 0 Å². The summed E-state index contributed by atoms with van der Waals surface area (Å²) in [7, 11) is -3.15. The fourth-order valence-corrected chi connectivity index (χ4v) is 44.3. The predicted molar refractivity (Wildman–Crippen MR) is 123 cm³/mol. The van der Waals surface area contributed by atoms with Gasteiger partial charge in [-0.1, -0.05) is 93.8 Å². The molecule has 0 rings (SSSR count). The van der Waals surface area contributed by atoms with Gasteiger partial charge >= 0.3 is 32.7 Å². The van der Waals surface area contributed by atoms with Gasteiger partial charge in [-0.25, -0.2) is 0 Å². The molecule has 0 nitrogen and oxygen atoms in total. The van der Waals surface area contributed by atoms with Crippen LogP contribution in [-0.2, 0) is 32.7 Å². The topological polar surface area (TPSA) is 0 Å². The Morgan fingerprint density at radius 3 is 1.22 bits per heavy atom. The zero-order chi connectivity index (χ0) is 17.8. The zero-order valence-corrected chi connectivity index (χ0v) is 26.7. The SMILES string of the molecule is [CH2-][Si](C)C[Si](C)(C)C[Si](C)C[Si](C)(C)C[Si](C)C[Si](C)(C)C.[Y+3]. The van der Waals surface area contributed by atoms with Gasteiger partial charge in [-0.05, 0) is 0 Å². The average molecular weight is 492 g/mol. The summed E-state index contributed by atoms with van der Waals surface area (Å²) in [5.41, 5.74) is 8.14. The molecule has 0 aliphatic rings. The first-order valence-corrected chi connectivity index (χ1v) is 26.7. The van der Waals surface area contributed by atoms with Crippen molar-refractivity contribution in [2.24, 2.45) is 0 Å². The third-order valence-electron chi connectivity index (χ3n) is 3.95. The van der Waals surface area contributed by atoms with E-state index in [0.29, 0.717) is 0 Å². The van der Waals surface area contributed by atoms with E-state index in [1.165, 1.54) is 5.67 Å². The summed E-state index contributed by atoms with van der Waals surface area (Å²) in [6.45, 7) is 30.4. The van der Waals surface area contributed by atoms with Gasteiger partial charge in [0, 0.05) is 41.8 Å². The van der Waals surface area contributed by atoms with E-state index in [0.717, 1.165) is 0 Å². The normalized spacial score (nSPS) is 13.8. The van der Waals surface area contributed by atoms with Crippen LogP contribution in [0.5, 0.6) is 0 Å². The summed E-state index contributed by atoms with van der Waals surface area (Å²) in [5, 5.41) is 0. The molecule has 0 saturated carbocycles. The van der Waals surface area contributed by atoms with Crippen molar-refractivity contribution < 1.29 is 32.7 Å². The van der Waals surface area contributed by atoms with Crippen LogP contribution >= 0.6 is 0 Å². The van der Waals surface area contributed by atoms with Gasteiger partial charge in [0.1, 0.15) is 0 Å². The van der Waals surface area contributed by atoms with Gasteiger partial charge in [0.15, 0.2) is 0 Å².